The molecule has 0 spiro atoms. The largest absolute Gasteiger partial charge is 0.367 e. The fourth-order valence-electron chi connectivity index (χ4n) is 3.83. The van der Waals surface area contributed by atoms with Crippen molar-refractivity contribution in [3.63, 3.8) is 0 Å². The van der Waals surface area contributed by atoms with Gasteiger partial charge in [-0.05, 0) is 60.0 Å². The van der Waals surface area contributed by atoms with Crippen LogP contribution in [-0.2, 0) is 23.0 Å². The monoisotopic (exact) mass is 479 g/mol. The fourth-order valence-corrected chi connectivity index (χ4v) is 4.90. The van der Waals surface area contributed by atoms with Gasteiger partial charge in [0.05, 0.1) is 16.3 Å². The second-order valence-corrected chi connectivity index (χ2v) is 9.79. The Hall–Kier alpha value is -3.43. The number of carbonyl (C=O) groups is 1. The van der Waals surface area contributed by atoms with Gasteiger partial charge in [0.15, 0.2) is 0 Å². The van der Waals surface area contributed by atoms with Crippen molar-refractivity contribution >= 4 is 27.3 Å². The quantitative estimate of drug-likeness (QED) is 0.459. The van der Waals surface area contributed by atoms with Gasteiger partial charge in [-0.15, -0.1) is 0 Å². The highest BCUT2D eigenvalue weighted by molar-refractivity contribution is 7.92. The van der Waals surface area contributed by atoms with Crippen LogP contribution in [0.15, 0.2) is 71.9 Å². The number of hydrogen-bond donors (Lipinski definition) is 3. The van der Waals surface area contributed by atoms with Crippen LogP contribution in [0.25, 0.3) is 0 Å². The van der Waals surface area contributed by atoms with Crippen molar-refractivity contribution in [1.29, 1.82) is 0 Å². The topological polar surface area (TPSA) is 103 Å². The van der Waals surface area contributed by atoms with E-state index < -0.39 is 10.0 Å². The lowest BCUT2D eigenvalue weighted by Crippen LogP contribution is -2.43. The highest BCUT2D eigenvalue weighted by Crippen LogP contribution is 2.30. The summed E-state index contributed by atoms with van der Waals surface area (Å²) in [4.78, 5) is 19.1. The zero-order chi connectivity index (χ0) is 24.0. The molecule has 2 heterocycles. The van der Waals surface area contributed by atoms with Crippen LogP contribution in [0.3, 0.4) is 0 Å². The number of pyridine rings is 1. The normalized spacial score (nSPS) is 14.0. The van der Waals surface area contributed by atoms with Crippen LogP contribution in [0.1, 0.15) is 28.4 Å². The standard InChI is InChI=1S/C25H29N5O3S/c1-2-19-3-6-22(7-4-19)34(32,33)29-23-17-21(5-8-24(23)30-15-13-27-14-16-30)25(31)28-18-20-9-11-26-12-10-20/h3-12,17,27,29H,2,13-16,18H2,1H3,(H,28,31). The molecule has 0 aliphatic carbocycles. The minimum absolute atomic E-state index is 0.184. The third-order valence-electron chi connectivity index (χ3n) is 5.81. The molecular weight excluding hydrogens is 450 g/mol. The number of amides is 1. The van der Waals surface area contributed by atoms with E-state index >= 15 is 0 Å². The molecule has 0 saturated carbocycles. The number of rotatable bonds is 8. The van der Waals surface area contributed by atoms with Crippen molar-refractivity contribution in [2.75, 3.05) is 35.8 Å². The van der Waals surface area contributed by atoms with Crippen LogP contribution in [0.4, 0.5) is 11.4 Å². The molecule has 1 saturated heterocycles. The second kappa shape index (κ2) is 10.7. The van der Waals surface area contributed by atoms with Crippen LogP contribution in [-0.4, -0.2) is 45.5 Å². The van der Waals surface area contributed by atoms with Gasteiger partial charge in [-0.1, -0.05) is 19.1 Å². The first-order chi connectivity index (χ1) is 16.5. The molecule has 3 N–H and O–H groups in total. The van der Waals surface area contributed by atoms with E-state index in [0.717, 1.165) is 49.4 Å². The van der Waals surface area contributed by atoms with Gasteiger partial charge in [0.1, 0.15) is 0 Å². The van der Waals surface area contributed by atoms with Crippen molar-refractivity contribution in [1.82, 2.24) is 15.6 Å². The van der Waals surface area contributed by atoms with Crippen LogP contribution in [0.5, 0.6) is 0 Å². The smallest absolute Gasteiger partial charge is 0.261 e. The molecule has 0 atom stereocenters. The molecule has 1 fully saturated rings. The van der Waals surface area contributed by atoms with Crippen LogP contribution in [0, 0.1) is 0 Å². The highest BCUT2D eigenvalue weighted by atomic mass is 32.2. The number of nitrogens with zero attached hydrogens (tertiary/aromatic N) is 2. The van der Waals surface area contributed by atoms with E-state index in [1.165, 1.54) is 0 Å². The number of anilines is 2. The van der Waals surface area contributed by atoms with Gasteiger partial charge in [0.25, 0.3) is 15.9 Å². The van der Waals surface area contributed by atoms with E-state index in [-0.39, 0.29) is 10.8 Å². The SMILES string of the molecule is CCc1ccc(S(=O)(=O)Nc2cc(C(=O)NCc3ccncc3)ccc2N2CCNCC2)cc1. The van der Waals surface area contributed by atoms with E-state index in [2.05, 4.69) is 25.2 Å². The van der Waals surface area contributed by atoms with Crippen molar-refractivity contribution < 1.29 is 13.2 Å². The Labute approximate surface area is 200 Å². The summed E-state index contributed by atoms with van der Waals surface area (Å²) in [5, 5.41) is 6.18. The lowest BCUT2D eigenvalue weighted by Gasteiger charge is -2.31. The predicted molar refractivity (Wildman–Crippen MR) is 134 cm³/mol. The number of nitrogens with one attached hydrogen (secondary N) is 3. The number of aryl methyl sites for hydroxylation is 1. The van der Waals surface area contributed by atoms with Gasteiger partial charge < -0.3 is 15.5 Å². The summed E-state index contributed by atoms with van der Waals surface area (Å²) >= 11 is 0. The maximum Gasteiger partial charge on any atom is 0.261 e. The summed E-state index contributed by atoms with van der Waals surface area (Å²) in [5.74, 6) is -0.281. The van der Waals surface area contributed by atoms with Gasteiger partial charge in [-0.3, -0.25) is 14.5 Å². The van der Waals surface area contributed by atoms with Gasteiger partial charge in [0, 0.05) is 50.7 Å². The molecule has 0 radical (unpaired) electrons. The molecule has 9 heteroatoms. The average molecular weight is 480 g/mol. The number of sulfonamides is 1. The van der Waals surface area contributed by atoms with Crippen molar-refractivity contribution in [2.45, 2.75) is 24.8 Å². The lowest BCUT2D eigenvalue weighted by molar-refractivity contribution is 0.0951. The Bertz CT molecular complexity index is 1230. The summed E-state index contributed by atoms with van der Waals surface area (Å²) < 4.78 is 29.1. The van der Waals surface area contributed by atoms with E-state index in [1.807, 2.05) is 37.3 Å². The molecule has 4 rings (SSSR count). The first-order valence-corrected chi connectivity index (χ1v) is 12.8. The number of benzene rings is 2. The fraction of sp³-hybridized carbons (Fsp3) is 0.280. The molecule has 178 valence electrons. The predicted octanol–water partition coefficient (Wildman–Crippen LogP) is 2.78. The molecule has 1 amide bonds. The molecule has 1 aliphatic rings. The van der Waals surface area contributed by atoms with Crippen LogP contribution < -0.4 is 20.3 Å². The first kappa shape index (κ1) is 23.7. The Morgan fingerprint density at radius 3 is 2.38 bits per heavy atom. The maximum atomic E-state index is 13.2. The third kappa shape index (κ3) is 5.73. The summed E-state index contributed by atoms with van der Waals surface area (Å²) in [7, 11) is -3.83. The average Bonchev–Trinajstić information content (AvgIpc) is 2.88. The Morgan fingerprint density at radius 2 is 1.71 bits per heavy atom. The van der Waals surface area contributed by atoms with Crippen molar-refractivity contribution in [3.8, 4) is 0 Å². The van der Waals surface area contributed by atoms with Gasteiger partial charge >= 0.3 is 0 Å². The number of carbonyl (C=O) groups excluding carboxylic acids is 1. The van der Waals surface area contributed by atoms with E-state index in [0.29, 0.717) is 17.8 Å². The summed E-state index contributed by atoms with van der Waals surface area (Å²) in [5.41, 5.74) is 3.51. The minimum atomic E-state index is -3.83. The molecule has 8 nitrogen and oxygen atoms in total. The Kier molecular flexibility index (Phi) is 7.44. The number of aromatic nitrogens is 1. The van der Waals surface area contributed by atoms with Gasteiger partial charge in [-0.2, -0.15) is 0 Å². The molecule has 1 aliphatic heterocycles. The molecule has 3 aromatic rings. The van der Waals surface area contributed by atoms with E-state index in [1.54, 1.807) is 36.7 Å². The van der Waals surface area contributed by atoms with Crippen molar-refractivity contribution in [2.24, 2.45) is 0 Å². The van der Waals surface area contributed by atoms with Gasteiger partial charge in [0.2, 0.25) is 0 Å². The summed E-state index contributed by atoms with van der Waals surface area (Å²) in [6.07, 6.45) is 4.17. The van der Waals surface area contributed by atoms with Crippen molar-refractivity contribution in [3.05, 3.63) is 83.7 Å². The summed E-state index contributed by atoms with van der Waals surface area (Å²) in [6.45, 7) is 5.47. The Morgan fingerprint density at radius 1 is 1.00 bits per heavy atom. The summed E-state index contributed by atoms with van der Waals surface area (Å²) in [6, 6.07) is 15.7. The molecule has 34 heavy (non-hydrogen) atoms. The number of hydrogen-bond acceptors (Lipinski definition) is 6. The highest BCUT2D eigenvalue weighted by Gasteiger charge is 2.21. The molecule has 1 aromatic heterocycles. The van der Waals surface area contributed by atoms with E-state index in [9.17, 15) is 13.2 Å². The zero-order valence-corrected chi connectivity index (χ0v) is 19.9. The molecular formula is C25H29N5O3S. The first-order valence-electron chi connectivity index (χ1n) is 11.3. The third-order valence-corrected chi connectivity index (χ3v) is 7.19. The van der Waals surface area contributed by atoms with Crippen LogP contribution in [0.2, 0.25) is 0 Å². The number of piperazine rings is 1. The van der Waals surface area contributed by atoms with Crippen LogP contribution >= 0.6 is 0 Å². The lowest BCUT2D eigenvalue weighted by atomic mass is 10.1. The van der Waals surface area contributed by atoms with Gasteiger partial charge in [-0.25, -0.2) is 8.42 Å². The Balaban J connectivity index is 1.61. The maximum absolute atomic E-state index is 13.2. The zero-order valence-electron chi connectivity index (χ0n) is 19.1. The molecule has 0 bridgehead atoms. The molecule has 2 aromatic carbocycles. The van der Waals surface area contributed by atoms with E-state index in [4.69, 9.17) is 0 Å². The molecule has 0 unspecified atom stereocenters. The minimum Gasteiger partial charge on any atom is -0.367 e. The second-order valence-electron chi connectivity index (χ2n) is 8.11.